The lowest BCUT2D eigenvalue weighted by molar-refractivity contribution is 0.475. The van der Waals surface area contributed by atoms with Crippen molar-refractivity contribution >= 4 is 44.9 Å². The molecule has 3 nitrogen and oxygen atoms in total. The predicted octanol–water partition coefficient (Wildman–Crippen LogP) is 2.07. The van der Waals surface area contributed by atoms with Gasteiger partial charge in [0, 0.05) is 5.88 Å². The Morgan fingerprint density at radius 1 is 1.33 bits per heavy atom. The molecule has 74 valence electrons. The SMILES string of the molecule is O=S(=O)(O)C(Cl)C(Cl)CCCCl. The maximum Gasteiger partial charge on any atom is 0.283 e. The molecule has 0 aromatic heterocycles. The van der Waals surface area contributed by atoms with E-state index >= 15 is 0 Å². The lowest BCUT2D eigenvalue weighted by Crippen LogP contribution is -2.24. The highest BCUT2D eigenvalue weighted by molar-refractivity contribution is 7.87. The predicted molar refractivity (Wildman–Crippen MR) is 50.8 cm³/mol. The van der Waals surface area contributed by atoms with Crippen molar-refractivity contribution in [1.29, 1.82) is 0 Å². The summed E-state index contributed by atoms with van der Waals surface area (Å²) in [4.78, 5) is 0. The third-order valence-electron chi connectivity index (χ3n) is 1.18. The fourth-order valence-electron chi connectivity index (χ4n) is 0.590. The molecule has 0 saturated carbocycles. The van der Waals surface area contributed by atoms with E-state index in [1.165, 1.54) is 0 Å². The van der Waals surface area contributed by atoms with Gasteiger partial charge in [-0.1, -0.05) is 0 Å². The summed E-state index contributed by atoms with van der Waals surface area (Å²) in [5.41, 5.74) is 0. The van der Waals surface area contributed by atoms with Gasteiger partial charge >= 0.3 is 0 Å². The Bertz CT molecular complexity index is 216. The second-order valence-corrected chi connectivity index (χ2v) is 5.42. The van der Waals surface area contributed by atoms with Crippen LogP contribution in [0, 0.1) is 0 Å². The minimum absolute atomic E-state index is 0.360. The van der Waals surface area contributed by atoms with Crippen molar-refractivity contribution in [2.24, 2.45) is 0 Å². The second kappa shape index (κ2) is 5.50. The van der Waals surface area contributed by atoms with Gasteiger partial charge in [-0.2, -0.15) is 8.42 Å². The standard InChI is InChI=1S/C5H9Cl3O3S/c6-3-1-2-4(7)5(8)12(9,10)11/h4-5H,1-3H2,(H,9,10,11). The average Bonchev–Trinajstić information content (AvgIpc) is 1.97. The molecule has 7 heteroatoms. The molecule has 0 heterocycles. The van der Waals surface area contributed by atoms with Crippen LogP contribution in [0.1, 0.15) is 12.8 Å². The summed E-state index contributed by atoms with van der Waals surface area (Å²) in [7, 11) is -4.24. The van der Waals surface area contributed by atoms with E-state index < -0.39 is 20.2 Å². The van der Waals surface area contributed by atoms with Gasteiger partial charge in [0.05, 0.1) is 5.38 Å². The van der Waals surface area contributed by atoms with E-state index in [9.17, 15) is 8.42 Å². The van der Waals surface area contributed by atoms with Crippen LogP contribution in [-0.4, -0.2) is 28.9 Å². The highest BCUT2D eigenvalue weighted by Crippen LogP contribution is 2.19. The van der Waals surface area contributed by atoms with Crippen LogP contribution in [-0.2, 0) is 10.1 Å². The molecule has 0 aliphatic rings. The molecule has 0 saturated heterocycles. The second-order valence-electron chi connectivity index (χ2n) is 2.21. The maximum absolute atomic E-state index is 10.4. The van der Waals surface area contributed by atoms with E-state index in [0.29, 0.717) is 18.7 Å². The van der Waals surface area contributed by atoms with E-state index in [1.807, 2.05) is 0 Å². The lowest BCUT2D eigenvalue weighted by atomic mass is 10.3. The van der Waals surface area contributed by atoms with Crippen molar-refractivity contribution < 1.29 is 13.0 Å². The van der Waals surface area contributed by atoms with Gasteiger partial charge in [0.15, 0.2) is 4.71 Å². The number of hydrogen-bond donors (Lipinski definition) is 1. The Morgan fingerprint density at radius 3 is 2.17 bits per heavy atom. The lowest BCUT2D eigenvalue weighted by Gasteiger charge is -2.11. The summed E-state index contributed by atoms with van der Waals surface area (Å²) < 4.78 is 27.9. The average molecular weight is 256 g/mol. The minimum Gasteiger partial charge on any atom is -0.284 e. The number of alkyl halides is 3. The zero-order valence-corrected chi connectivity index (χ0v) is 9.17. The molecular formula is C5H9Cl3O3S. The molecule has 0 aliphatic carbocycles. The van der Waals surface area contributed by atoms with Crippen molar-refractivity contribution in [3.8, 4) is 0 Å². The summed E-state index contributed by atoms with van der Waals surface area (Å²) in [6.45, 7) is 0. The van der Waals surface area contributed by atoms with Crippen LogP contribution in [0.4, 0.5) is 0 Å². The number of hydrogen-bond acceptors (Lipinski definition) is 2. The third kappa shape index (κ3) is 4.72. The Balaban J connectivity index is 4.02. The van der Waals surface area contributed by atoms with E-state index in [2.05, 4.69) is 0 Å². The minimum atomic E-state index is -4.24. The first kappa shape index (κ1) is 12.8. The number of rotatable bonds is 5. The van der Waals surface area contributed by atoms with Crippen LogP contribution in [0.25, 0.3) is 0 Å². The Hall–Kier alpha value is 0.780. The van der Waals surface area contributed by atoms with Gasteiger partial charge in [0.1, 0.15) is 0 Å². The quantitative estimate of drug-likeness (QED) is 0.604. The molecule has 0 spiro atoms. The molecule has 0 rings (SSSR count). The molecule has 0 radical (unpaired) electrons. The largest absolute Gasteiger partial charge is 0.284 e. The summed E-state index contributed by atoms with van der Waals surface area (Å²) in [6, 6.07) is 0. The molecule has 0 aliphatic heterocycles. The van der Waals surface area contributed by atoms with Gasteiger partial charge in [-0.15, -0.1) is 34.8 Å². The molecule has 0 amide bonds. The van der Waals surface area contributed by atoms with E-state index in [-0.39, 0.29) is 0 Å². The van der Waals surface area contributed by atoms with Crippen LogP contribution in [0.5, 0.6) is 0 Å². The van der Waals surface area contributed by atoms with Crippen molar-refractivity contribution in [1.82, 2.24) is 0 Å². The maximum atomic E-state index is 10.4. The first-order chi connectivity index (χ1) is 5.39. The Morgan fingerprint density at radius 2 is 1.83 bits per heavy atom. The number of halogens is 3. The highest BCUT2D eigenvalue weighted by Gasteiger charge is 2.27. The van der Waals surface area contributed by atoms with Gasteiger partial charge < -0.3 is 0 Å². The van der Waals surface area contributed by atoms with E-state index in [4.69, 9.17) is 39.4 Å². The topological polar surface area (TPSA) is 54.4 Å². The zero-order chi connectivity index (χ0) is 9.78. The van der Waals surface area contributed by atoms with Gasteiger partial charge in [0.25, 0.3) is 10.1 Å². The monoisotopic (exact) mass is 254 g/mol. The smallest absolute Gasteiger partial charge is 0.283 e. The molecular weight excluding hydrogens is 246 g/mol. The molecule has 1 N–H and O–H groups in total. The summed E-state index contributed by atoms with van der Waals surface area (Å²) in [5.74, 6) is 0.387. The molecule has 0 bridgehead atoms. The molecule has 12 heavy (non-hydrogen) atoms. The Kier molecular flexibility index (Phi) is 5.85. The third-order valence-corrected chi connectivity index (χ3v) is 4.08. The van der Waals surface area contributed by atoms with Crippen LogP contribution >= 0.6 is 34.8 Å². The van der Waals surface area contributed by atoms with Crippen LogP contribution in [0.15, 0.2) is 0 Å². The first-order valence-corrected chi connectivity index (χ1v) is 6.11. The van der Waals surface area contributed by atoms with Crippen molar-refractivity contribution in [2.45, 2.75) is 22.9 Å². The van der Waals surface area contributed by atoms with Crippen LogP contribution in [0.3, 0.4) is 0 Å². The van der Waals surface area contributed by atoms with Gasteiger partial charge in [0.2, 0.25) is 0 Å². The van der Waals surface area contributed by atoms with Crippen LogP contribution in [0.2, 0.25) is 0 Å². The molecule has 2 unspecified atom stereocenters. The molecule has 0 aromatic rings. The summed E-state index contributed by atoms with van der Waals surface area (Å²) >= 11 is 16.2. The van der Waals surface area contributed by atoms with E-state index in [1.54, 1.807) is 0 Å². The summed E-state index contributed by atoms with van der Waals surface area (Å²) in [6.07, 6.45) is 0.924. The molecule has 0 aromatic carbocycles. The van der Waals surface area contributed by atoms with Crippen molar-refractivity contribution in [2.75, 3.05) is 5.88 Å². The van der Waals surface area contributed by atoms with E-state index in [0.717, 1.165) is 0 Å². The van der Waals surface area contributed by atoms with Gasteiger partial charge in [-0.3, -0.25) is 4.55 Å². The van der Waals surface area contributed by atoms with Crippen LogP contribution < -0.4 is 0 Å². The molecule has 2 atom stereocenters. The normalized spacial score (nSPS) is 17.3. The highest BCUT2D eigenvalue weighted by atomic mass is 35.5. The van der Waals surface area contributed by atoms with Gasteiger partial charge in [-0.05, 0) is 12.8 Å². The fraction of sp³-hybridized carbons (Fsp3) is 1.00. The summed E-state index contributed by atoms with van der Waals surface area (Å²) in [5, 5.41) is -0.805. The van der Waals surface area contributed by atoms with Gasteiger partial charge in [-0.25, -0.2) is 0 Å². The molecule has 0 fully saturated rings. The van der Waals surface area contributed by atoms with Crippen molar-refractivity contribution in [3.63, 3.8) is 0 Å². The zero-order valence-electron chi connectivity index (χ0n) is 6.08. The first-order valence-electron chi connectivity index (χ1n) is 3.20. The van der Waals surface area contributed by atoms with Crippen molar-refractivity contribution in [3.05, 3.63) is 0 Å². The fourth-order valence-corrected chi connectivity index (χ4v) is 1.92. The Labute approximate surface area is 86.7 Å².